The minimum absolute atomic E-state index is 0.00378. The Kier molecular flexibility index (Phi) is 7.05. The fourth-order valence-electron chi connectivity index (χ4n) is 4.25. The van der Waals surface area contributed by atoms with E-state index in [0.29, 0.717) is 17.7 Å². The van der Waals surface area contributed by atoms with Crippen molar-refractivity contribution < 1.29 is 9.53 Å². The van der Waals surface area contributed by atoms with Crippen molar-refractivity contribution in [3.05, 3.63) is 53.1 Å². The second-order valence-electron chi connectivity index (χ2n) is 8.54. The molecule has 3 aromatic rings. The maximum absolute atomic E-state index is 12.2. The van der Waals surface area contributed by atoms with Gasteiger partial charge in [0.25, 0.3) is 0 Å². The molecule has 1 N–H and O–H groups in total. The smallest absolute Gasteiger partial charge is 0.220 e. The molecule has 1 heterocycles. The van der Waals surface area contributed by atoms with Crippen LogP contribution in [-0.2, 0) is 11.2 Å². The molecule has 0 spiro atoms. The van der Waals surface area contributed by atoms with Gasteiger partial charge < -0.3 is 10.1 Å². The molecule has 0 radical (unpaired) electrons. The Morgan fingerprint density at radius 2 is 2.09 bits per heavy atom. The van der Waals surface area contributed by atoms with E-state index in [9.17, 15) is 10.1 Å². The highest BCUT2D eigenvalue weighted by molar-refractivity contribution is 7.17. The Bertz CT molecular complexity index is 1200. The molecule has 0 unspecified atom stereocenters. The summed E-state index contributed by atoms with van der Waals surface area (Å²) < 4.78 is 5.73. The van der Waals surface area contributed by atoms with E-state index in [1.54, 1.807) is 0 Å². The number of fused-ring (bicyclic) bond motifs is 1. The number of nitrogens with one attached hydrogen (secondary N) is 1. The van der Waals surface area contributed by atoms with E-state index in [2.05, 4.69) is 33.7 Å². The van der Waals surface area contributed by atoms with Gasteiger partial charge in [0, 0.05) is 17.5 Å². The molecule has 7 heteroatoms. The molecule has 1 aliphatic carbocycles. The van der Waals surface area contributed by atoms with Gasteiger partial charge in [0.05, 0.1) is 17.7 Å². The fourth-order valence-corrected chi connectivity index (χ4v) is 5.14. The van der Waals surface area contributed by atoms with E-state index in [4.69, 9.17) is 4.74 Å². The zero-order valence-corrected chi connectivity index (χ0v) is 20.0. The van der Waals surface area contributed by atoms with E-state index in [1.165, 1.54) is 22.5 Å². The summed E-state index contributed by atoms with van der Waals surface area (Å²) in [5.41, 5.74) is 4.83. The lowest BCUT2D eigenvalue weighted by Crippen LogP contribution is -2.30. The summed E-state index contributed by atoms with van der Waals surface area (Å²) in [6.45, 7) is 5.89. The molecule has 1 aliphatic rings. The molecule has 0 saturated heterocycles. The van der Waals surface area contributed by atoms with Crippen LogP contribution in [0.25, 0.3) is 21.1 Å². The third-order valence-electron chi connectivity index (χ3n) is 5.68. The number of carbonyl (C=O) groups excluding carboxylic acids is 1. The number of nitrogens with zero attached hydrogens (tertiary/aromatic N) is 3. The number of amides is 1. The summed E-state index contributed by atoms with van der Waals surface area (Å²) in [5.74, 6) is 0.687. The van der Waals surface area contributed by atoms with Gasteiger partial charge in [-0.2, -0.15) is 5.26 Å². The second kappa shape index (κ2) is 10.1. The Balaban J connectivity index is 1.64. The highest BCUT2D eigenvalue weighted by Crippen LogP contribution is 2.39. The molecule has 0 aliphatic heterocycles. The summed E-state index contributed by atoms with van der Waals surface area (Å²) in [6, 6.07) is 14.0. The maximum Gasteiger partial charge on any atom is 0.220 e. The molecule has 33 heavy (non-hydrogen) atoms. The zero-order chi connectivity index (χ0) is 23.4. The van der Waals surface area contributed by atoms with Gasteiger partial charge >= 0.3 is 0 Å². The molecule has 0 fully saturated rings. The van der Waals surface area contributed by atoms with Crippen LogP contribution >= 0.6 is 11.3 Å². The number of aromatic nitrogens is 2. The second-order valence-corrected chi connectivity index (χ2v) is 9.51. The van der Waals surface area contributed by atoms with Gasteiger partial charge in [0.2, 0.25) is 5.91 Å². The molecule has 1 atom stereocenters. The lowest BCUT2D eigenvalue weighted by Gasteiger charge is -2.27. The molecule has 0 bridgehead atoms. The topological polar surface area (TPSA) is 87.9 Å². The first-order valence-electron chi connectivity index (χ1n) is 11.5. The van der Waals surface area contributed by atoms with Gasteiger partial charge in [0.15, 0.2) is 0 Å². The van der Waals surface area contributed by atoms with E-state index in [0.717, 1.165) is 46.8 Å². The first kappa shape index (κ1) is 22.9. The number of rotatable bonds is 7. The van der Waals surface area contributed by atoms with Crippen molar-refractivity contribution in [3.8, 4) is 33.0 Å². The molecule has 170 valence electrons. The molecule has 0 saturated carbocycles. The van der Waals surface area contributed by atoms with Crippen molar-refractivity contribution in [1.82, 2.24) is 15.5 Å². The van der Waals surface area contributed by atoms with Crippen molar-refractivity contribution in [1.29, 1.82) is 5.26 Å². The monoisotopic (exact) mass is 460 g/mol. The minimum atomic E-state index is -0.00378. The van der Waals surface area contributed by atoms with Crippen LogP contribution in [0.5, 0.6) is 5.75 Å². The Labute approximate surface area is 198 Å². The minimum Gasteiger partial charge on any atom is -0.490 e. The predicted molar refractivity (Wildman–Crippen MR) is 130 cm³/mol. The number of benzene rings is 2. The highest BCUT2D eigenvalue weighted by atomic mass is 32.1. The number of hydrogen-bond donors (Lipinski definition) is 1. The van der Waals surface area contributed by atoms with E-state index in [1.807, 2.05) is 45.0 Å². The van der Waals surface area contributed by atoms with Gasteiger partial charge in [0.1, 0.15) is 21.8 Å². The van der Waals surface area contributed by atoms with Gasteiger partial charge in [-0.25, -0.2) is 0 Å². The molecular formula is C26H28N4O2S. The van der Waals surface area contributed by atoms with Crippen LogP contribution in [0.3, 0.4) is 0 Å². The lowest BCUT2D eigenvalue weighted by molar-refractivity contribution is -0.122. The standard InChI is InChI=1S/C26H28N4O2S/c1-4-7-24(31)28-22-11-6-8-19-20(22)9-5-10-21(19)26-30-29-25(33-26)17-12-13-23(32-16(2)3)18(14-17)15-27/h5,9-10,12-14,16,22H,4,6-8,11H2,1-3H3,(H,28,31)/t22-/m0/s1. The van der Waals surface area contributed by atoms with Crippen molar-refractivity contribution >= 4 is 17.2 Å². The maximum atomic E-state index is 12.2. The molecule has 2 aromatic carbocycles. The van der Waals surface area contributed by atoms with Crippen LogP contribution in [0, 0.1) is 11.3 Å². The molecule has 1 aromatic heterocycles. The zero-order valence-electron chi connectivity index (χ0n) is 19.2. The lowest BCUT2D eigenvalue weighted by atomic mass is 9.85. The van der Waals surface area contributed by atoms with E-state index >= 15 is 0 Å². The number of carbonyl (C=O) groups is 1. The average molecular weight is 461 g/mol. The largest absolute Gasteiger partial charge is 0.490 e. The Hall–Kier alpha value is -3.24. The van der Waals surface area contributed by atoms with E-state index < -0.39 is 0 Å². The van der Waals surface area contributed by atoms with Gasteiger partial charge in [-0.05, 0) is 68.9 Å². The molecule has 1 amide bonds. The summed E-state index contributed by atoms with van der Waals surface area (Å²) in [5, 5.41) is 23.3. The first-order chi connectivity index (χ1) is 16.0. The highest BCUT2D eigenvalue weighted by Gasteiger charge is 2.25. The Morgan fingerprint density at radius 1 is 1.27 bits per heavy atom. The van der Waals surface area contributed by atoms with Crippen molar-refractivity contribution in [2.75, 3.05) is 0 Å². The summed E-state index contributed by atoms with van der Waals surface area (Å²) in [4.78, 5) is 12.2. The van der Waals surface area contributed by atoms with Gasteiger partial charge in [-0.1, -0.05) is 36.5 Å². The quantitative estimate of drug-likeness (QED) is 0.480. The van der Waals surface area contributed by atoms with Crippen LogP contribution < -0.4 is 10.1 Å². The predicted octanol–water partition coefficient (Wildman–Crippen LogP) is 5.82. The Morgan fingerprint density at radius 3 is 2.85 bits per heavy atom. The molecule has 6 nitrogen and oxygen atoms in total. The normalized spacial score (nSPS) is 15.1. The fraction of sp³-hybridized carbons (Fsp3) is 0.385. The third-order valence-corrected chi connectivity index (χ3v) is 6.69. The van der Waals surface area contributed by atoms with Crippen LogP contribution in [0.2, 0.25) is 0 Å². The summed E-state index contributed by atoms with van der Waals surface area (Å²) in [7, 11) is 0. The molecular weight excluding hydrogens is 432 g/mol. The third kappa shape index (κ3) is 5.07. The van der Waals surface area contributed by atoms with Crippen LogP contribution in [0.15, 0.2) is 36.4 Å². The summed E-state index contributed by atoms with van der Waals surface area (Å²) >= 11 is 1.51. The number of ether oxygens (including phenoxy) is 1. The van der Waals surface area contributed by atoms with Crippen molar-refractivity contribution in [2.45, 2.75) is 65.0 Å². The number of nitriles is 1. The first-order valence-corrected chi connectivity index (χ1v) is 12.3. The van der Waals surface area contributed by atoms with Crippen LogP contribution in [-0.4, -0.2) is 22.2 Å². The van der Waals surface area contributed by atoms with Gasteiger partial charge in [-0.15, -0.1) is 10.2 Å². The van der Waals surface area contributed by atoms with Crippen molar-refractivity contribution in [3.63, 3.8) is 0 Å². The average Bonchev–Trinajstić information content (AvgIpc) is 3.29. The van der Waals surface area contributed by atoms with E-state index in [-0.39, 0.29) is 18.1 Å². The summed E-state index contributed by atoms with van der Waals surface area (Å²) in [6.07, 6.45) is 4.33. The van der Waals surface area contributed by atoms with Gasteiger partial charge in [-0.3, -0.25) is 4.79 Å². The molecule has 4 rings (SSSR count). The number of hydrogen-bond acceptors (Lipinski definition) is 6. The SMILES string of the molecule is CCCC(=O)N[C@H]1CCCc2c(-c3nnc(-c4ccc(OC(C)C)c(C#N)c4)s3)cccc21. The van der Waals surface area contributed by atoms with Crippen molar-refractivity contribution in [2.24, 2.45) is 0 Å². The van der Waals surface area contributed by atoms with Crippen LogP contribution in [0.1, 0.15) is 69.2 Å². The van der Waals surface area contributed by atoms with Crippen LogP contribution in [0.4, 0.5) is 0 Å².